The number of nitrogens with zero attached hydrogens (tertiary/aromatic N) is 1. The van der Waals surface area contributed by atoms with Crippen molar-refractivity contribution in [2.75, 3.05) is 0 Å². The van der Waals surface area contributed by atoms with Gasteiger partial charge in [0.15, 0.2) is 0 Å². The molecule has 2 heterocycles. The van der Waals surface area contributed by atoms with Crippen LogP contribution in [0, 0.1) is 11.9 Å². The molecule has 1 aromatic rings. The van der Waals surface area contributed by atoms with Crippen molar-refractivity contribution < 1.29 is 13.7 Å². The van der Waals surface area contributed by atoms with Gasteiger partial charge in [0.1, 0.15) is 0 Å². The van der Waals surface area contributed by atoms with Crippen LogP contribution in [0.1, 0.15) is 46.2 Å². The lowest BCUT2D eigenvalue weighted by atomic mass is 9.77. The molecule has 0 atom stereocenters. The summed E-state index contributed by atoms with van der Waals surface area (Å²) in [6.45, 7) is 8.07. The van der Waals surface area contributed by atoms with E-state index in [4.69, 9.17) is 9.31 Å². The van der Waals surface area contributed by atoms with Gasteiger partial charge in [-0.1, -0.05) is 6.07 Å². The molecule has 3 rings (SSSR count). The fourth-order valence-electron chi connectivity index (χ4n) is 2.43. The number of hydrogen-bond acceptors (Lipinski definition) is 3. The Balaban J connectivity index is 1.90. The number of pyridine rings is 1. The average molecular weight is 277 g/mol. The molecule has 1 saturated heterocycles. The van der Waals surface area contributed by atoms with Crippen LogP contribution in [-0.4, -0.2) is 23.3 Å². The van der Waals surface area contributed by atoms with Crippen molar-refractivity contribution in [2.45, 2.75) is 58.2 Å². The summed E-state index contributed by atoms with van der Waals surface area (Å²) >= 11 is 0. The van der Waals surface area contributed by atoms with E-state index in [0.29, 0.717) is 5.92 Å². The van der Waals surface area contributed by atoms with Gasteiger partial charge < -0.3 is 9.31 Å². The second kappa shape index (κ2) is 4.53. The fourth-order valence-corrected chi connectivity index (χ4v) is 2.43. The molecule has 0 N–H and O–H groups in total. The second-order valence-corrected chi connectivity index (χ2v) is 6.91. The molecule has 0 aromatic carbocycles. The van der Waals surface area contributed by atoms with Crippen LogP contribution in [0.25, 0.3) is 0 Å². The summed E-state index contributed by atoms with van der Waals surface area (Å²) in [5.41, 5.74) is 0.883. The zero-order valence-electron chi connectivity index (χ0n) is 12.6. The Bertz CT molecular complexity index is 513. The highest BCUT2D eigenvalue weighted by Gasteiger charge is 2.52. The third-order valence-corrected chi connectivity index (χ3v) is 4.66. The summed E-state index contributed by atoms with van der Waals surface area (Å²) in [5, 5.41) is 0. The molecule has 3 nitrogen and oxygen atoms in total. The molecule has 0 spiro atoms. The van der Waals surface area contributed by atoms with Crippen LogP contribution in [0.15, 0.2) is 12.1 Å². The average Bonchev–Trinajstić information content (AvgIpc) is 3.07. The van der Waals surface area contributed by atoms with Crippen LogP contribution in [0.3, 0.4) is 0 Å². The van der Waals surface area contributed by atoms with Gasteiger partial charge in [0.2, 0.25) is 5.95 Å². The number of aromatic nitrogens is 1. The largest absolute Gasteiger partial charge is 0.496 e. The van der Waals surface area contributed by atoms with Crippen LogP contribution in [0.2, 0.25) is 0 Å². The molecule has 2 fully saturated rings. The van der Waals surface area contributed by atoms with Gasteiger partial charge in [-0.2, -0.15) is 4.39 Å². The summed E-state index contributed by atoms with van der Waals surface area (Å²) in [5.74, 6) is 0.214. The molecule has 2 aliphatic rings. The topological polar surface area (TPSA) is 31.4 Å². The van der Waals surface area contributed by atoms with E-state index in [2.05, 4.69) is 4.98 Å². The van der Waals surface area contributed by atoms with Gasteiger partial charge in [-0.05, 0) is 58.9 Å². The first-order valence-electron chi connectivity index (χ1n) is 7.29. The minimum Gasteiger partial charge on any atom is -0.399 e. The molecule has 1 aromatic heterocycles. The lowest BCUT2D eigenvalue weighted by Crippen LogP contribution is -2.41. The van der Waals surface area contributed by atoms with E-state index in [1.54, 1.807) is 6.07 Å². The molecule has 20 heavy (non-hydrogen) atoms. The fraction of sp³-hybridized carbons (Fsp3) is 0.667. The van der Waals surface area contributed by atoms with Crippen LogP contribution >= 0.6 is 0 Å². The standard InChI is InChI=1S/C15H21BFNO2/c1-14(2)15(3,4)20-16(19-14)11-7-8-13(17)18-12(11)9-10-5-6-10/h7-8,10H,5-6,9H2,1-4H3. The van der Waals surface area contributed by atoms with Gasteiger partial charge in [-0.25, -0.2) is 4.98 Å². The lowest BCUT2D eigenvalue weighted by Gasteiger charge is -2.32. The maximum atomic E-state index is 13.4. The number of hydrogen-bond donors (Lipinski definition) is 0. The van der Waals surface area contributed by atoms with Gasteiger partial charge in [-0.3, -0.25) is 0 Å². The minimum atomic E-state index is -0.457. The molecular formula is C15H21BFNO2. The summed E-state index contributed by atoms with van der Waals surface area (Å²) in [7, 11) is -0.457. The summed E-state index contributed by atoms with van der Waals surface area (Å²) < 4.78 is 25.5. The predicted octanol–water partition coefficient (Wildman–Crippen LogP) is 2.47. The van der Waals surface area contributed by atoms with Crippen LogP contribution in [0.5, 0.6) is 0 Å². The highest BCUT2D eigenvalue weighted by atomic mass is 19.1. The van der Waals surface area contributed by atoms with E-state index in [1.165, 1.54) is 18.9 Å². The van der Waals surface area contributed by atoms with E-state index < -0.39 is 13.1 Å². The Hall–Kier alpha value is -0.935. The quantitative estimate of drug-likeness (QED) is 0.628. The monoisotopic (exact) mass is 277 g/mol. The Morgan fingerprint density at radius 1 is 1.20 bits per heavy atom. The van der Waals surface area contributed by atoms with Gasteiger partial charge in [0.25, 0.3) is 0 Å². The molecule has 1 saturated carbocycles. The Morgan fingerprint density at radius 3 is 2.35 bits per heavy atom. The van der Waals surface area contributed by atoms with Gasteiger partial charge in [0, 0.05) is 11.2 Å². The van der Waals surface area contributed by atoms with Gasteiger partial charge in [0.05, 0.1) is 11.2 Å². The molecule has 0 bridgehead atoms. The van der Waals surface area contributed by atoms with E-state index in [-0.39, 0.29) is 11.2 Å². The summed E-state index contributed by atoms with van der Waals surface area (Å²) in [6, 6.07) is 3.14. The number of rotatable bonds is 3. The maximum Gasteiger partial charge on any atom is 0.496 e. The zero-order valence-corrected chi connectivity index (χ0v) is 12.6. The van der Waals surface area contributed by atoms with Crippen molar-refractivity contribution in [3.8, 4) is 0 Å². The van der Waals surface area contributed by atoms with Crippen molar-refractivity contribution >= 4 is 12.6 Å². The summed E-state index contributed by atoms with van der Waals surface area (Å²) in [6.07, 6.45) is 3.24. The van der Waals surface area contributed by atoms with Gasteiger partial charge >= 0.3 is 7.12 Å². The molecular weight excluding hydrogens is 256 g/mol. The third kappa shape index (κ3) is 2.49. The molecule has 0 unspecified atom stereocenters. The third-order valence-electron chi connectivity index (χ3n) is 4.66. The first-order valence-corrected chi connectivity index (χ1v) is 7.29. The van der Waals surface area contributed by atoms with Crippen molar-refractivity contribution in [3.63, 3.8) is 0 Å². The van der Waals surface area contributed by atoms with Crippen molar-refractivity contribution in [3.05, 3.63) is 23.8 Å². The highest BCUT2D eigenvalue weighted by Crippen LogP contribution is 2.37. The van der Waals surface area contributed by atoms with E-state index in [9.17, 15) is 4.39 Å². The maximum absolute atomic E-state index is 13.4. The smallest absolute Gasteiger partial charge is 0.399 e. The Kier molecular flexibility index (Phi) is 3.18. The van der Waals surface area contributed by atoms with E-state index in [1.807, 2.05) is 27.7 Å². The first kappa shape index (κ1) is 14.0. The Labute approximate surface area is 120 Å². The molecule has 0 amide bonds. The van der Waals surface area contributed by atoms with E-state index >= 15 is 0 Å². The van der Waals surface area contributed by atoms with Crippen LogP contribution in [-0.2, 0) is 15.7 Å². The van der Waals surface area contributed by atoms with E-state index in [0.717, 1.165) is 17.6 Å². The van der Waals surface area contributed by atoms with Crippen molar-refractivity contribution in [2.24, 2.45) is 5.92 Å². The minimum absolute atomic E-state index is 0.386. The SMILES string of the molecule is CC1(C)OB(c2ccc(F)nc2CC2CC2)OC1(C)C. The number of halogens is 1. The lowest BCUT2D eigenvalue weighted by molar-refractivity contribution is 0.00578. The van der Waals surface area contributed by atoms with Crippen LogP contribution < -0.4 is 5.46 Å². The molecule has 1 aliphatic heterocycles. The first-order chi connectivity index (χ1) is 9.28. The van der Waals surface area contributed by atoms with Crippen molar-refractivity contribution in [1.29, 1.82) is 0 Å². The molecule has 108 valence electrons. The molecule has 0 radical (unpaired) electrons. The zero-order chi connectivity index (χ0) is 14.5. The second-order valence-electron chi connectivity index (χ2n) is 6.91. The van der Waals surface area contributed by atoms with Crippen LogP contribution in [0.4, 0.5) is 4.39 Å². The normalized spacial score (nSPS) is 24.1. The van der Waals surface area contributed by atoms with Crippen molar-refractivity contribution in [1.82, 2.24) is 4.98 Å². The van der Waals surface area contributed by atoms with Gasteiger partial charge in [-0.15, -0.1) is 0 Å². The Morgan fingerprint density at radius 2 is 1.80 bits per heavy atom. The summed E-state index contributed by atoms with van der Waals surface area (Å²) in [4.78, 5) is 4.07. The highest BCUT2D eigenvalue weighted by molar-refractivity contribution is 6.62. The predicted molar refractivity (Wildman–Crippen MR) is 76.3 cm³/mol. The molecule has 5 heteroatoms. The molecule has 1 aliphatic carbocycles.